The predicted molar refractivity (Wildman–Crippen MR) is 69.1 cm³/mol. The highest BCUT2D eigenvalue weighted by Crippen LogP contribution is 2.42. The number of ether oxygens (including phenoxy) is 2. The van der Waals surface area contributed by atoms with Gasteiger partial charge in [0.25, 0.3) is 0 Å². The van der Waals surface area contributed by atoms with Crippen LogP contribution in [0, 0.1) is 0 Å². The van der Waals surface area contributed by atoms with E-state index in [9.17, 15) is 9.59 Å². The standard InChI is InChI=1S/C15H14O4/c1-3-14(16)18-12-9-13(19-15(17)4-2)11-8-6-5-7-10(11)12/h3-8,12-13H,1-2,9H2. The Bertz CT molecular complexity index is 486. The molecular formula is C15H14O4. The van der Waals surface area contributed by atoms with Crippen LogP contribution in [0.2, 0.25) is 0 Å². The molecule has 0 radical (unpaired) electrons. The zero-order valence-electron chi connectivity index (χ0n) is 10.4. The summed E-state index contributed by atoms with van der Waals surface area (Å²) in [6.07, 6.45) is 1.82. The highest BCUT2D eigenvalue weighted by molar-refractivity contribution is 5.82. The van der Waals surface area contributed by atoms with E-state index >= 15 is 0 Å². The molecule has 4 heteroatoms. The summed E-state index contributed by atoms with van der Waals surface area (Å²) in [7, 11) is 0. The van der Waals surface area contributed by atoms with E-state index in [2.05, 4.69) is 13.2 Å². The molecule has 0 aliphatic heterocycles. The van der Waals surface area contributed by atoms with E-state index in [4.69, 9.17) is 9.47 Å². The Kier molecular flexibility index (Phi) is 3.80. The van der Waals surface area contributed by atoms with E-state index < -0.39 is 24.1 Å². The summed E-state index contributed by atoms with van der Waals surface area (Å²) in [5, 5.41) is 0. The van der Waals surface area contributed by atoms with Gasteiger partial charge in [0.05, 0.1) is 0 Å². The molecule has 0 amide bonds. The lowest BCUT2D eigenvalue weighted by Crippen LogP contribution is -2.08. The van der Waals surface area contributed by atoms with Gasteiger partial charge >= 0.3 is 11.9 Å². The molecule has 0 aromatic heterocycles. The van der Waals surface area contributed by atoms with Gasteiger partial charge in [-0.2, -0.15) is 0 Å². The van der Waals surface area contributed by atoms with Crippen molar-refractivity contribution in [3.63, 3.8) is 0 Å². The summed E-state index contributed by atoms with van der Waals surface area (Å²) in [6.45, 7) is 6.73. The van der Waals surface area contributed by atoms with Crippen molar-refractivity contribution in [2.24, 2.45) is 0 Å². The van der Waals surface area contributed by atoms with Gasteiger partial charge in [0.2, 0.25) is 0 Å². The fraction of sp³-hybridized carbons (Fsp3) is 0.200. The average molecular weight is 258 g/mol. The second-order valence-electron chi connectivity index (χ2n) is 4.12. The van der Waals surface area contributed by atoms with Crippen LogP contribution in [0.25, 0.3) is 0 Å². The van der Waals surface area contributed by atoms with Crippen LogP contribution in [0.3, 0.4) is 0 Å². The molecule has 0 saturated carbocycles. The zero-order valence-corrected chi connectivity index (χ0v) is 10.4. The smallest absolute Gasteiger partial charge is 0.330 e. The Morgan fingerprint density at radius 1 is 1.00 bits per heavy atom. The maximum Gasteiger partial charge on any atom is 0.330 e. The largest absolute Gasteiger partial charge is 0.454 e. The molecular weight excluding hydrogens is 244 g/mol. The van der Waals surface area contributed by atoms with E-state index in [0.717, 1.165) is 23.3 Å². The fourth-order valence-electron chi connectivity index (χ4n) is 2.15. The van der Waals surface area contributed by atoms with Gasteiger partial charge < -0.3 is 9.47 Å². The van der Waals surface area contributed by atoms with Gasteiger partial charge in [-0.15, -0.1) is 0 Å². The van der Waals surface area contributed by atoms with Gasteiger partial charge in [0.1, 0.15) is 12.2 Å². The lowest BCUT2D eigenvalue weighted by atomic mass is 10.1. The first kappa shape index (κ1) is 13.1. The third-order valence-electron chi connectivity index (χ3n) is 2.97. The highest BCUT2D eigenvalue weighted by Gasteiger charge is 2.34. The Labute approximate surface area is 111 Å². The normalized spacial score (nSPS) is 20.2. The van der Waals surface area contributed by atoms with Crippen LogP contribution in [-0.4, -0.2) is 11.9 Å². The molecule has 2 unspecified atom stereocenters. The summed E-state index contributed by atoms with van der Waals surface area (Å²) >= 11 is 0. The Morgan fingerprint density at radius 2 is 1.42 bits per heavy atom. The lowest BCUT2D eigenvalue weighted by Gasteiger charge is -2.12. The summed E-state index contributed by atoms with van der Waals surface area (Å²) in [6, 6.07) is 7.42. The molecule has 0 spiro atoms. The monoisotopic (exact) mass is 258 g/mol. The van der Waals surface area contributed by atoms with Gasteiger partial charge in [0.15, 0.2) is 0 Å². The van der Waals surface area contributed by atoms with Gasteiger partial charge in [-0.3, -0.25) is 0 Å². The quantitative estimate of drug-likeness (QED) is 0.615. The molecule has 2 rings (SSSR count). The van der Waals surface area contributed by atoms with Gasteiger partial charge in [0, 0.05) is 18.6 Å². The highest BCUT2D eigenvalue weighted by atomic mass is 16.6. The molecule has 2 atom stereocenters. The lowest BCUT2D eigenvalue weighted by molar-refractivity contribution is -0.147. The number of hydrogen-bond acceptors (Lipinski definition) is 4. The maximum atomic E-state index is 11.3. The van der Waals surface area contributed by atoms with E-state index in [1.54, 1.807) is 0 Å². The minimum absolute atomic E-state index is 0.413. The van der Waals surface area contributed by atoms with E-state index in [-0.39, 0.29) is 0 Å². The first-order valence-electron chi connectivity index (χ1n) is 5.90. The summed E-state index contributed by atoms with van der Waals surface area (Å²) in [4.78, 5) is 22.6. The Hall–Kier alpha value is -2.36. The van der Waals surface area contributed by atoms with Crippen molar-refractivity contribution >= 4 is 11.9 Å². The molecule has 0 bridgehead atoms. The van der Waals surface area contributed by atoms with E-state index in [0.29, 0.717) is 6.42 Å². The van der Waals surface area contributed by atoms with Crippen molar-refractivity contribution in [3.8, 4) is 0 Å². The van der Waals surface area contributed by atoms with Crippen LogP contribution in [0.4, 0.5) is 0 Å². The molecule has 0 N–H and O–H groups in total. The second-order valence-corrected chi connectivity index (χ2v) is 4.12. The summed E-state index contributed by atoms with van der Waals surface area (Å²) in [5.41, 5.74) is 1.72. The number of carbonyl (C=O) groups is 2. The van der Waals surface area contributed by atoms with Crippen molar-refractivity contribution in [3.05, 3.63) is 60.7 Å². The van der Waals surface area contributed by atoms with Crippen molar-refractivity contribution in [1.29, 1.82) is 0 Å². The molecule has 19 heavy (non-hydrogen) atoms. The van der Waals surface area contributed by atoms with Gasteiger partial charge in [-0.25, -0.2) is 9.59 Å². The molecule has 98 valence electrons. The number of hydrogen-bond donors (Lipinski definition) is 0. The molecule has 0 heterocycles. The first-order valence-corrected chi connectivity index (χ1v) is 5.90. The molecule has 4 nitrogen and oxygen atoms in total. The van der Waals surface area contributed by atoms with Gasteiger partial charge in [-0.1, -0.05) is 37.4 Å². The van der Waals surface area contributed by atoms with Crippen molar-refractivity contribution in [2.45, 2.75) is 18.6 Å². The average Bonchev–Trinajstić information content (AvgIpc) is 2.77. The number of esters is 2. The topological polar surface area (TPSA) is 52.6 Å². The van der Waals surface area contributed by atoms with Crippen molar-refractivity contribution in [1.82, 2.24) is 0 Å². The Balaban J connectivity index is 2.22. The molecule has 1 aromatic rings. The number of fused-ring (bicyclic) bond motifs is 1. The molecule has 1 aromatic carbocycles. The van der Waals surface area contributed by atoms with Crippen LogP contribution in [0.5, 0.6) is 0 Å². The third-order valence-corrected chi connectivity index (χ3v) is 2.97. The van der Waals surface area contributed by atoms with Gasteiger partial charge in [-0.05, 0) is 11.1 Å². The van der Waals surface area contributed by atoms with Crippen LogP contribution < -0.4 is 0 Å². The molecule has 1 aliphatic carbocycles. The van der Waals surface area contributed by atoms with E-state index in [1.807, 2.05) is 24.3 Å². The molecule has 0 saturated heterocycles. The first-order chi connectivity index (χ1) is 9.15. The fourth-order valence-corrected chi connectivity index (χ4v) is 2.15. The summed E-state index contributed by atoms with van der Waals surface area (Å²) in [5.74, 6) is -0.981. The molecule has 0 fully saturated rings. The summed E-state index contributed by atoms with van der Waals surface area (Å²) < 4.78 is 10.5. The van der Waals surface area contributed by atoms with E-state index in [1.165, 1.54) is 0 Å². The third kappa shape index (κ3) is 2.73. The maximum absolute atomic E-state index is 11.3. The van der Waals surface area contributed by atoms with Crippen LogP contribution >= 0.6 is 0 Å². The van der Waals surface area contributed by atoms with Crippen LogP contribution in [-0.2, 0) is 19.1 Å². The van der Waals surface area contributed by atoms with Crippen molar-refractivity contribution in [2.75, 3.05) is 0 Å². The minimum atomic E-state index is -0.490. The van der Waals surface area contributed by atoms with Crippen LogP contribution in [0.15, 0.2) is 49.6 Å². The predicted octanol–water partition coefficient (Wildman–Crippen LogP) is 2.63. The number of carbonyl (C=O) groups excluding carboxylic acids is 2. The number of rotatable bonds is 4. The zero-order chi connectivity index (χ0) is 13.8. The van der Waals surface area contributed by atoms with Crippen molar-refractivity contribution < 1.29 is 19.1 Å². The number of benzene rings is 1. The van der Waals surface area contributed by atoms with Crippen LogP contribution in [0.1, 0.15) is 29.8 Å². The SMILES string of the molecule is C=CC(=O)OC1CC(OC(=O)C=C)c2ccccc21. The molecule has 1 aliphatic rings. The minimum Gasteiger partial charge on any atom is -0.454 e. The second kappa shape index (κ2) is 5.52. The Morgan fingerprint density at radius 3 is 1.79 bits per heavy atom.